The molecule has 0 unspecified atom stereocenters. The van der Waals surface area contributed by atoms with E-state index in [1.54, 1.807) is 29.9 Å². The zero-order valence-electron chi connectivity index (χ0n) is 8.84. The third-order valence-corrected chi connectivity index (χ3v) is 2.51. The van der Waals surface area contributed by atoms with Crippen LogP contribution in [0, 0.1) is 6.92 Å². The van der Waals surface area contributed by atoms with Crippen LogP contribution in [0.2, 0.25) is 0 Å². The quantitative estimate of drug-likeness (QED) is 0.694. The Morgan fingerprint density at radius 2 is 2.41 bits per heavy atom. The topological polar surface area (TPSA) is 96.4 Å². The van der Waals surface area contributed by atoms with Crippen LogP contribution in [-0.4, -0.2) is 30.6 Å². The lowest BCUT2D eigenvalue weighted by Crippen LogP contribution is -1.96. The summed E-state index contributed by atoms with van der Waals surface area (Å²) in [7, 11) is 0. The molecule has 0 bridgehead atoms. The van der Waals surface area contributed by atoms with Crippen molar-refractivity contribution in [2.24, 2.45) is 0 Å². The Balaban J connectivity index is 2.24. The van der Waals surface area contributed by atoms with Gasteiger partial charge in [0.1, 0.15) is 0 Å². The molecule has 0 aromatic carbocycles. The number of hydrogen-bond donors (Lipinski definition) is 2. The Morgan fingerprint density at radius 1 is 1.59 bits per heavy atom. The van der Waals surface area contributed by atoms with Gasteiger partial charge in [-0.1, -0.05) is 5.16 Å². The molecule has 3 rings (SSSR count). The molecule has 0 saturated carbocycles. The average molecular weight is 232 g/mol. The predicted molar refractivity (Wildman–Crippen MR) is 56.7 cm³/mol. The Labute approximate surface area is 94.7 Å². The molecule has 0 saturated heterocycles. The van der Waals surface area contributed by atoms with Crippen LogP contribution in [0.25, 0.3) is 17.0 Å². The fourth-order valence-corrected chi connectivity index (χ4v) is 1.77. The van der Waals surface area contributed by atoms with E-state index in [9.17, 15) is 4.79 Å². The molecule has 3 aromatic rings. The number of carbonyl (C=O) groups is 1. The summed E-state index contributed by atoms with van der Waals surface area (Å²) in [6.07, 6.45) is 5.15. The number of carboxylic acids is 1. The normalized spacial score (nSPS) is 11.1. The molecule has 0 atom stereocenters. The van der Waals surface area contributed by atoms with Crippen molar-refractivity contribution in [1.82, 2.24) is 19.5 Å². The minimum absolute atomic E-state index is 0.174. The van der Waals surface area contributed by atoms with Gasteiger partial charge in [0.05, 0.1) is 17.0 Å². The number of nitrogens with one attached hydrogen (secondary N) is 1. The van der Waals surface area contributed by atoms with Crippen LogP contribution >= 0.6 is 0 Å². The van der Waals surface area contributed by atoms with Crippen molar-refractivity contribution in [1.29, 1.82) is 0 Å². The summed E-state index contributed by atoms with van der Waals surface area (Å²) in [4.78, 5) is 18.1. The molecule has 17 heavy (non-hydrogen) atoms. The second kappa shape index (κ2) is 3.21. The summed E-state index contributed by atoms with van der Waals surface area (Å²) >= 11 is 0. The van der Waals surface area contributed by atoms with Crippen molar-refractivity contribution in [3.63, 3.8) is 0 Å². The summed E-state index contributed by atoms with van der Waals surface area (Å²) in [6, 6.07) is 0. The van der Waals surface area contributed by atoms with Gasteiger partial charge in [-0.3, -0.25) is 4.40 Å². The summed E-state index contributed by atoms with van der Waals surface area (Å²) in [5, 5.41) is 12.7. The summed E-state index contributed by atoms with van der Waals surface area (Å²) < 4.78 is 6.54. The monoisotopic (exact) mass is 232 g/mol. The Bertz CT molecular complexity index is 678. The van der Waals surface area contributed by atoms with Crippen molar-refractivity contribution in [2.75, 3.05) is 0 Å². The molecule has 0 radical (unpaired) electrons. The molecular formula is C10H8N4O3. The Kier molecular flexibility index (Phi) is 1.82. The number of imidazole rings is 2. The Morgan fingerprint density at radius 3 is 3.12 bits per heavy atom. The van der Waals surface area contributed by atoms with Gasteiger partial charge < -0.3 is 14.6 Å². The molecular weight excluding hydrogens is 224 g/mol. The lowest BCUT2D eigenvalue weighted by molar-refractivity contribution is 0.0653. The first kappa shape index (κ1) is 9.64. The number of fused-ring (bicyclic) bond motifs is 1. The van der Waals surface area contributed by atoms with Crippen LogP contribution in [0.15, 0.2) is 23.1 Å². The van der Waals surface area contributed by atoms with E-state index in [4.69, 9.17) is 9.63 Å². The standard InChI is InChI=1S/C10H8N4O3/c1-5-7(8(9(15)16)17-13-5)6-4-14-3-2-11-10(14)12-6/h2-4H,1H3,(H,11,12)(H,15,16). The van der Waals surface area contributed by atoms with Crippen LogP contribution in [0.1, 0.15) is 16.2 Å². The molecule has 0 aliphatic rings. The van der Waals surface area contributed by atoms with E-state index >= 15 is 0 Å². The van der Waals surface area contributed by atoms with E-state index in [0.29, 0.717) is 22.7 Å². The fraction of sp³-hybridized carbons (Fsp3) is 0.100. The number of H-pyrrole nitrogens is 1. The first-order valence-electron chi connectivity index (χ1n) is 4.88. The summed E-state index contributed by atoms with van der Waals surface area (Å²) in [6.45, 7) is 1.69. The zero-order valence-corrected chi connectivity index (χ0v) is 8.84. The number of hydrogen-bond acceptors (Lipinski definition) is 4. The molecule has 7 nitrogen and oxygen atoms in total. The molecule has 86 valence electrons. The number of aromatic amines is 1. The number of aromatic carboxylic acids is 1. The van der Waals surface area contributed by atoms with Crippen molar-refractivity contribution < 1.29 is 14.4 Å². The van der Waals surface area contributed by atoms with Crippen molar-refractivity contribution in [2.45, 2.75) is 6.92 Å². The molecule has 3 heterocycles. The Hall–Kier alpha value is -2.57. The first-order chi connectivity index (χ1) is 8.16. The van der Waals surface area contributed by atoms with Gasteiger partial charge in [0.15, 0.2) is 0 Å². The van der Waals surface area contributed by atoms with Crippen LogP contribution < -0.4 is 0 Å². The van der Waals surface area contributed by atoms with E-state index in [0.717, 1.165) is 0 Å². The number of nitrogens with zero attached hydrogens (tertiary/aromatic N) is 3. The number of aryl methyl sites for hydroxylation is 1. The van der Waals surface area contributed by atoms with Crippen molar-refractivity contribution in [3.8, 4) is 11.3 Å². The van der Waals surface area contributed by atoms with Crippen LogP contribution in [0.3, 0.4) is 0 Å². The molecule has 2 N–H and O–H groups in total. The highest BCUT2D eigenvalue weighted by molar-refractivity contribution is 5.93. The van der Waals surface area contributed by atoms with Gasteiger partial charge in [0, 0.05) is 18.6 Å². The van der Waals surface area contributed by atoms with Gasteiger partial charge in [-0.15, -0.1) is 0 Å². The maximum Gasteiger partial charge on any atom is 0.375 e. The molecule has 0 aliphatic heterocycles. The summed E-state index contributed by atoms with van der Waals surface area (Å²) in [5.41, 5.74) is 1.58. The van der Waals surface area contributed by atoms with Crippen LogP contribution in [0.5, 0.6) is 0 Å². The maximum atomic E-state index is 11.0. The smallest absolute Gasteiger partial charge is 0.375 e. The lowest BCUT2D eigenvalue weighted by atomic mass is 10.1. The molecule has 0 spiro atoms. The molecule has 3 aromatic heterocycles. The van der Waals surface area contributed by atoms with Crippen LogP contribution in [0.4, 0.5) is 0 Å². The number of rotatable bonds is 2. The van der Waals surface area contributed by atoms with Crippen molar-refractivity contribution in [3.05, 3.63) is 30.0 Å². The van der Waals surface area contributed by atoms with E-state index in [1.165, 1.54) is 0 Å². The van der Waals surface area contributed by atoms with Gasteiger partial charge in [0.2, 0.25) is 5.78 Å². The minimum atomic E-state index is -1.15. The average Bonchev–Trinajstić information content (AvgIpc) is 2.88. The second-order valence-corrected chi connectivity index (χ2v) is 3.60. The highest BCUT2D eigenvalue weighted by Crippen LogP contribution is 2.26. The SMILES string of the molecule is Cc1noc(C(=O)O)c1-c1cn2ccnc2[nH]1. The third-order valence-electron chi connectivity index (χ3n) is 2.51. The first-order valence-corrected chi connectivity index (χ1v) is 4.88. The van der Waals surface area contributed by atoms with Crippen molar-refractivity contribution >= 4 is 11.7 Å². The molecule has 7 heteroatoms. The van der Waals surface area contributed by atoms with Gasteiger partial charge in [-0.05, 0) is 6.92 Å². The summed E-state index contributed by atoms with van der Waals surface area (Å²) in [5.74, 6) is -0.684. The van der Waals surface area contributed by atoms with E-state index in [1.807, 2.05) is 0 Å². The highest BCUT2D eigenvalue weighted by Gasteiger charge is 2.22. The lowest BCUT2D eigenvalue weighted by Gasteiger charge is -1.94. The predicted octanol–water partition coefficient (Wildman–Crippen LogP) is 1.32. The zero-order chi connectivity index (χ0) is 12.0. The van der Waals surface area contributed by atoms with E-state index < -0.39 is 5.97 Å². The third kappa shape index (κ3) is 1.32. The van der Waals surface area contributed by atoms with Crippen LogP contribution in [-0.2, 0) is 0 Å². The fourth-order valence-electron chi connectivity index (χ4n) is 1.77. The van der Waals surface area contributed by atoms with E-state index in [-0.39, 0.29) is 5.76 Å². The van der Waals surface area contributed by atoms with E-state index in [2.05, 4.69) is 15.1 Å². The number of carboxylic acid groups (broad SMARTS) is 1. The second-order valence-electron chi connectivity index (χ2n) is 3.60. The maximum absolute atomic E-state index is 11.0. The van der Waals surface area contributed by atoms with Gasteiger partial charge in [-0.2, -0.15) is 0 Å². The molecule has 0 aliphatic carbocycles. The number of aromatic nitrogens is 4. The van der Waals surface area contributed by atoms with Gasteiger partial charge in [-0.25, -0.2) is 9.78 Å². The minimum Gasteiger partial charge on any atom is -0.475 e. The van der Waals surface area contributed by atoms with Gasteiger partial charge in [0.25, 0.3) is 5.76 Å². The molecule has 0 amide bonds. The largest absolute Gasteiger partial charge is 0.475 e. The molecule has 0 fully saturated rings. The highest BCUT2D eigenvalue weighted by atomic mass is 16.5. The van der Waals surface area contributed by atoms with Gasteiger partial charge >= 0.3 is 5.97 Å².